The largest absolute Gasteiger partial charge is 0.391 e. The fraction of sp³-hybridized carbons (Fsp3) is 0.542. The van der Waals surface area contributed by atoms with E-state index in [9.17, 15) is 9.90 Å². The van der Waals surface area contributed by atoms with Gasteiger partial charge in [0.05, 0.1) is 23.7 Å². The molecule has 1 saturated carbocycles. The molecule has 2 fully saturated rings. The lowest BCUT2D eigenvalue weighted by molar-refractivity contribution is 0.0192. The maximum Gasteiger partial charge on any atom is 0.254 e. The smallest absolute Gasteiger partial charge is 0.254 e. The number of amides is 1. The molecule has 6 heteroatoms. The lowest BCUT2D eigenvalue weighted by Gasteiger charge is -2.35. The van der Waals surface area contributed by atoms with Gasteiger partial charge in [0, 0.05) is 41.7 Å². The molecule has 1 aromatic carbocycles. The van der Waals surface area contributed by atoms with Gasteiger partial charge in [-0.2, -0.15) is 5.26 Å². The van der Waals surface area contributed by atoms with E-state index in [2.05, 4.69) is 28.1 Å². The fourth-order valence-corrected chi connectivity index (χ4v) is 5.43. The SMILES string of the molecule is N#CC1CCN(Cc2cc3c(c4ncccc24)CN([C@H]2CCCC[C@@H]2O)C3=O)CC1. The molecule has 0 spiro atoms. The van der Waals surface area contributed by atoms with Gasteiger partial charge in [0.1, 0.15) is 0 Å². The summed E-state index contributed by atoms with van der Waals surface area (Å²) in [4.78, 5) is 22.3. The van der Waals surface area contributed by atoms with Gasteiger partial charge in [-0.05, 0) is 56.5 Å². The molecule has 0 unspecified atom stereocenters. The second-order valence-corrected chi connectivity index (χ2v) is 8.99. The zero-order valence-electron chi connectivity index (χ0n) is 17.3. The Morgan fingerprint density at radius 1 is 1.20 bits per heavy atom. The minimum absolute atomic E-state index is 0.0351. The number of pyridine rings is 1. The monoisotopic (exact) mass is 404 g/mol. The van der Waals surface area contributed by atoms with Crippen molar-refractivity contribution in [3.63, 3.8) is 0 Å². The Hall–Kier alpha value is -2.49. The molecule has 156 valence electrons. The predicted octanol–water partition coefficient (Wildman–Crippen LogP) is 3.23. The van der Waals surface area contributed by atoms with Gasteiger partial charge in [-0.1, -0.05) is 18.9 Å². The Morgan fingerprint density at radius 2 is 2.00 bits per heavy atom. The van der Waals surface area contributed by atoms with Crippen molar-refractivity contribution < 1.29 is 9.90 Å². The number of carbonyl (C=O) groups excluding carboxylic acids is 1. The number of hydrogen-bond donors (Lipinski definition) is 1. The topological polar surface area (TPSA) is 80.5 Å². The van der Waals surface area contributed by atoms with E-state index >= 15 is 0 Å². The third kappa shape index (κ3) is 3.36. The van der Waals surface area contributed by atoms with Crippen LogP contribution in [0.15, 0.2) is 24.4 Å². The average molecular weight is 405 g/mol. The molecule has 2 aromatic rings. The summed E-state index contributed by atoms with van der Waals surface area (Å²) < 4.78 is 0. The van der Waals surface area contributed by atoms with Crippen LogP contribution < -0.4 is 0 Å². The summed E-state index contributed by atoms with van der Waals surface area (Å²) in [6.07, 6.45) is 6.91. The van der Waals surface area contributed by atoms with Crippen LogP contribution >= 0.6 is 0 Å². The predicted molar refractivity (Wildman–Crippen MR) is 113 cm³/mol. The van der Waals surface area contributed by atoms with Crippen LogP contribution in [-0.2, 0) is 13.1 Å². The van der Waals surface area contributed by atoms with Gasteiger partial charge >= 0.3 is 0 Å². The summed E-state index contributed by atoms with van der Waals surface area (Å²) in [5.41, 5.74) is 3.80. The van der Waals surface area contributed by atoms with E-state index in [1.54, 1.807) is 6.20 Å². The van der Waals surface area contributed by atoms with Gasteiger partial charge in [-0.25, -0.2) is 0 Å². The molecular weight excluding hydrogens is 376 g/mol. The number of aliphatic hydroxyl groups excluding tert-OH is 1. The molecule has 3 heterocycles. The Morgan fingerprint density at radius 3 is 2.77 bits per heavy atom. The van der Waals surface area contributed by atoms with Crippen LogP contribution in [0.25, 0.3) is 10.9 Å². The number of piperidine rings is 1. The Kier molecular flexibility index (Phi) is 5.18. The summed E-state index contributed by atoms with van der Waals surface area (Å²) in [6, 6.07) is 8.42. The molecule has 1 aliphatic carbocycles. The minimum atomic E-state index is -0.433. The summed E-state index contributed by atoms with van der Waals surface area (Å²) in [7, 11) is 0. The summed E-state index contributed by atoms with van der Waals surface area (Å²) in [6.45, 7) is 3.13. The maximum absolute atomic E-state index is 13.3. The van der Waals surface area contributed by atoms with Crippen LogP contribution in [0.4, 0.5) is 0 Å². The Labute approximate surface area is 177 Å². The van der Waals surface area contributed by atoms with E-state index in [-0.39, 0.29) is 17.9 Å². The molecule has 1 amide bonds. The number of likely N-dealkylation sites (tertiary alicyclic amines) is 1. The van der Waals surface area contributed by atoms with E-state index in [0.29, 0.717) is 6.54 Å². The van der Waals surface area contributed by atoms with Crippen LogP contribution in [-0.4, -0.2) is 51.0 Å². The summed E-state index contributed by atoms with van der Waals surface area (Å²) >= 11 is 0. The lowest BCUT2D eigenvalue weighted by atomic mass is 9.91. The highest BCUT2D eigenvalue weighted by Crippen LogP contribution is 2.36. The zero-order valence-corrected chi connectivity index (χ0v) is 17.3. The molecule has 1 N–H and O–H groups in total. The number of nitriles is 1. The molecule has 0 bridgehead atoms. The number of aromatic nitrogens is 1. The molecule has 2 aliphatic heterocycles. The van der Waals surface area contributed by atoms with E-state index in [4.69, 9.17) is 5.26 Å². The Bertz CT molecular complexity index is 1010. The van der Waals surface area contributed by atoms with Crippen LogP contribution in [0.5, 0.6) is 0 Å². The van der Waals surface area contributed by atoms with Gasteiger partial charge in [0.15, 0.2) is 0 Å². The van der Waals surface area contributed by atoms with Crippen molar-refractivity contribution in [3.05, 3.63) is 41.1 Å². The molecule has 1 aromatic heterocycles. The number of hydrogen-bond acceptors (Lipinski definition) is 5. The molecule has 6 nitrogen and oxygen atoms in total. The van der Waals surface area contributed by atoms with E-state index < -0.39 is 6.10 Å². The third-order valence-corrected chi connectivity index (χ3v) is 7.16. The first kappa shape index (κ1) is 19.5. The molecular formula is C24H28N4O2. The molecule has 30 heavy (non-hydrogen) atoms. The van der Waals surface area contributed by atoms with Crippen molar-refractivity contribution in [2.24, 2.45) is 5.92 Å². The van der Waals surface area contributed by atoms with Crippen LogP contribution in [0, 0.1) is 17.2 Å². The summed E-state index contributed by atoms with van der Waals surface area (Å²) in [5, 5.41) is 20.8. The van der Waals surface area contributed by atoms with E-state index in [1.165, 1.54) is 0 Å². The Balaban J connectivity index is 1.47. The molecule has 5 rings (SSSR count). The van der Waals surface area contributed by atoms with Crippen LogP contribution in [0.1, 0.15) is 60.0 Å². The van der Waals surface area contributed by atoms with Gasteiger partial charge in [-0.15, -0.1) is 0 Å². The number of nitrogens with zero attached hydrogens (tertiary/aromatic N) is 4. The standard InChI is InChI=1S/C24H28N4O2/c25-13-16-7-10-27(11-8-16)14-17-12-19-20(23-18(17)4-3-9-26-23)15-28(24(19)30)21-5-1-2-6-22(21)29/h3-4,9,12,16,21-22,29H,1-2,5-8,10-11,14-15H2/t21-,22-/m0/s1. The van der Waals surface area contributed by atoms with Crippen molar-refractivity contribution in [1.82, 2.24) is 14.8 Å². The summed E-state index contributed by atoms with van der Waals surface area (Å²) in [5.74, 6) is 0.199. The van der Waals surface area contributed by atoms with Crippen LogP contribution in [0.3, 0.4) is 0 Å². The molecule has 1 saturated heterocycles. The van der Waals surface area contributed by atoms with Gasteiger partial charge < -0.3 is 10.0 Å². The number of carbonyl (C=O) groups is 1. The van der Waals surface area contributed by atoms with Crippen molar-refractivity contribution in [1.29, 1.82) is 5.26 Å². The lowest BCUT2D eigenvalue weighted by Crippen LogP contribution is -2.45. The number of aliphatic hydroxyl groups is 1. The van der Waals surface area contributed by atoms with Gasteiger partial charge in [0.25, 0.3) is 5.91 Å². The minimum Gasteiger partial charge on any atom is -0.391 e. The van der Waals surface area contributed by atoms with Gasteiger partial charge in [0.2, 0.25) is 0 Å². The van der Waals surface area contributed by atoms with E-state index in [1.807, 2.05) is 11.0 Å². The first-order chi connectivity index (χ1) is 14.7. The normalized spacial score (nSPS) is 25.5. The molecule has 3 aliphatic rings. The van der Waals surface area contributed by atoms with E-state index in [0.717, 1.165) is 85.8 Å². The van der Waals surface area contributed by atoms with Crippen molar-refractivity contribution in [2.45, 2.75) is 63.8 Å². The van der Waals surface area contributed by atoms with Crippen molar-refractivity contribution >= 4 is 16.8 Å². The second-order valence-electron chi connectivity index (χ2n) is 8.99. The highest BCUT2D eigenvalue weighted by molar-refractivity contribution is 6.04. The fourth-order valence-electron chi connectivity index (χ4n) is 5.43. The zero-order chi connectivity index (χ0) is 20.7. The van der Waals surface area contributed by atoms with Gasteiger partial charge in [-0.3, -0.25) is 14.7 Å². The first-order valence-corrected chi connectivity index (χ1v) is 11.2. The van der Waals surface area contributed by atoms with Crippen molar-refractivity contribution in [2.75, 3.05) is 13.1 Å². The first-order valence-electron chi connectivity index (χ1n) is 11.2. The maximum atomic E-state index is 13.3. The third-order valence-electron chi connectivity index (χ3n) is 7.16. The number of fused-ring (bicyclic) bond motifs is 3. The number of rotatable bonds is 3. The number of benzene rings is 1. The highest BCUT2D eigenvalue weighted by Gasteiger charge is 2.38. The molecule has 2 atom stereocenters. The second kappa shape index (κ2) is 7.98. The highest BCUT2D eigenvalue weighted by atomic mass is 16.3. The average Bonchev–Trinajstić information content (AvgIpc) is 3.11. The van der Waals surface area contributed by atoms with Crippen LogP contribution in [0.2, 0.25) is 0 Å². The van der Waals surface area contributed by atoms with Crippen molar-refractivity contribution in [3.8, 4) is 6.07 Å². The molecule has 0 radical (unpaired) electrons. The quantitative estimate of drug-likeness (QED) is 0.850.